The summed E-state index contributed by atoms with van der Waals surface area (Å²) in [5.74, 6) is 0.646. The molecule has 0 aromatic heterocycles. The molecule has 0 N–H and O–H groups in total. The van der Waals surface area contributed by atoms with Crippen LogP contribution in [-0.2, 0) is 12.6 Å². The maximum absolute atomic E-state index is 12.5. The van der Waals surface area contributed by atoms with Crippen LogP contribution in [0.2, 0.25) is 0 Å². The summed E-state index contributed by atoms with van der Waals surface area (Å²) >= 11 is 6.17. The fraction of sp³-hybridized carbons (Fsp3) is 0.571. The standard InChI is InChI=1S/C14H16ClF3/c15-13(11-7-8-11)6-2-4-10-3-1-5-12(9-10)14(16,17)18/h1,3,5,9,11,13H,2,4,6-8H2. The smallest absolute Gasteiger partial charge is 0.166 e. The lowest BCUT2D eigenvalue weighted by Crippen LogP contribution is -2.06. The van der Waals surface area contributed by atoms with Gasteiger partial charge in [-0.3, -0.25) is 0 Å². The Morgan fingerprint density at radius 1 is 1.28 bits per heavy atom. The molecular formula is C14H16ClF3. The number of benzene rings is 1. The Morgan fingerprint density at radius 3 is 2.61 bits per heavy atom. The van der Waals surface area contributed by atoms with Gasteiger partial charge in [0.05, 0.1) is 5.56 Å². The third-order valence-corrected chi connectivity index (χ3v) is 3.91. The van der Waals surface area contributed by atoms with E-state index in [2.05, 4.69) is 0 Å². The fourth-order valence-corrected chi connectivity index (χ4v) is 2.50. The minimum absolute atomic E-state index is 0.204. The van der Waals surface area contributed by atoms with E-state index >= 15 is 0 Å². The molecule has 0 nitrogen and oxygen atoms in total. The van der Waals surface area contributed by atoms with Gasteiger partial charge in [-0.2, -0.15) is 13.2 Å². The molecule has 1 aliphatic rings. The van der Waals surface area contributed by atoms with E-state index in [1.54, 1.807) is 6.07 Å². The Bertz CT molecular complexity index is 396. The summed E-state index contributed by atoms with van der Waals surface area (Å²) < 4.78 is 37.5. The van der Waals surface area contributed by atoms with Gasteiger partial charge in [0.25, 0.3) is 0 Å². The van der Waals surface area contributed by atoms with Gasteiger partial charge in [-0.15, -0.1) is 11.6 Å². The SMILES string of the molecule is FC(F)(F)c1cccc(CCCC(Cl)C2CC2)c1. The molecule has 1 aromatic rings. The zero-order valence-corrected chi connectivity index (χ0v) is 10.8. The van der Waals surface area contributed by atoms with E-state index in [4.69, 9.17) is 11.6 Å². The van der Waals surface area contributed by atoms with Crippen molar-refractivity contribution in [3.63, 3.8) is 0 Å². The minimum Gasteiger partial charge on any atom is -0.166 e. The van der Waals surface area contributed by atoms with Crippen molar-refractivity contribution in [2.75, 3.05) is 0 Å². The molecule has 1 aromatic carbocycles. The van der Waals surface area contributed by atoms with Gasteiger partial charge < -0.3 is 0 Å². The lowest BCUT2D eigenvalue weighted by atomic mass is 10.0. The Hall–Kier alpha value is -0.700. The first-order valence-corrected chi connectivity index (χ1v) is 6.70. The molecule has 18 heavy (non-hydrogen) atoms. The number of rotatable bonds is 5. The highest BCUT2D eigenvalue weighted by atomic mass is 35.5. The number of aryl methyl sites for hydroxylation is 1. The molecule has 0 spiro atoms. The van der Waals surface area contributed by atoms with Gasteiger partial charge in [0.1, 0.15) is 0 Å². The highest BCUT2D eigenvalue weighted by Gasteiger charge is 2.30. The first kappa shape index (κ1) is 13.7. The molecule has 0 amide bonds. The predicted octanol–water partition coefficient (Wildman–Crippen LogP) is 5.05. The predicted molar refractivity (Wildman–Crippen MR) is 66.7 cm³/mol. The summed E-state index contributed by atoms with van der Waals surface area (Å²) in [7, 11) is 0. The topological polar surface area (TPSA) is 0 Å². The first-order valence-electron chi connectivity index (χ1n) is 6.27. The molecule has 1 fully saturated rings. The zero-order valence-electron chi connectivity index (χ0n) is 10.0. The molecule has 0 saturated heterocycles. The molecular weight excluding hydrogens is 261 g/mol. The first-order chi connectivity index (χ1) is 8.47. The van der Waals surface area contributed by atoms with Crippen molar-refractivity contribution in [2.24, 2.45) is 5.92 Å². The molecule has 4 heteroatoms. The van der Waals surface area contributed by atoms with Crippen LogP contribution < -0.4 is 0 Å². The van der Waals surface area contributed by atoms with Crippen molar-refractivity contribution in [3.05, 3.63) is 35.4 Å². The van der Waals surface area contributed by atoms with E-state index in [0.717, 1.165) is 24.5 Å². The summed E-state index contributed by atoms with van der Waals surface area (Å²) in [5, 5.41) is 0.204. The number of alkyl halides is 4. The van der Waals surface area contributed by atoms with Crippen LogP contribution >= 0.6 is 11.6 Å². The van der Waals surface area contributed by atoms with Gasteiger partial charge in [-0.25, -0.2) is 0 Å². The maximum atomic E-state index is 12.5. The van der Waals surface area contributed by atoms with Crippen LogP contribution in [0.4, 0.5) is 13.2 Å². The van der Waals surface area contributed by atoms with Crippen molar-refractivity contribution in [1.82, 2.24) is 0 Å². The third-order valence-electron chi connectivity index (χ3n) is 3.33. The van der Waals surface area contributed by atoms with Gasteiger partial charge in [-0.05, 0) is 49.7 Å². The van der Waals surface area contributed by atoms with E-state index in [9.17, 15) is 13.2 Å². The normalized spacial score (nSPS) is 17.8. The van der Waals surface area contributed by atoms with Gasteiger partial charge in [-0.1, -0.05) is 18.2 Å². The van der Waals surface area contributed by atoms with Crippen LogP contribution in [0.3, 0.4) is 0 Å². The molecule has 100 valence electrons. The van der Waals surface area contributed by atoms with Gasteiger partial charge >= 0.3 is 6.18 Å². The van der Waals surface area contributed by atoms with Crippen LogP contribution in [0.1, 0.15) is 36.8 Å². The average molecular weight is 277 g/mol. The second-order valence-corrected chi connectivity index (χ2v) is 5.50. The van der Waals surface area contributed by atoms with Crippen molar-refractivity contribution in [3.8, 4) is 0 Å². The average Bonchev–Trinajstić information content (AvgIpc) is 3.12. The summed E-state index contributed by atoms with van der Waals surface area (Å²) in [5.41, 5.74) is 0.175. The quantitative estimate of drug-likeness (QED) is 0.661. The zero-order chi connectivity index (χ0) is 13.2. The van der Waals surface area contributed by atoms with Crippen LogP contribution in [-0.4, -0.2) is 5.38 Å². The lowest BCUT2D eigenvalue weighted by Gasteiger charge is -2.10. The van der Waals surface area contributed by atoms with E-state index in [1.165, 1.54) is 25.0 Å². The number of hydrogen-bond acceptors (Lipinski definition) is 0. The molecule has 0 aliphatic heterocycles. The molecule has 1 saturated carbocycles. The van der Waals surface area contributed by atoms with Crippen molar-refractivity contribution < 1.29 is 13.2 Å². The monoisotopic (exact) mass is 276 g/mol. The van der Waals surface area contributed by atoms with Gasteiger partial charge in [0, 0.05) is 5.38 Å². The molecule has 1 aliphatic carbocycles. The molecule has 0 radical (unpaired) electrons. The number of halogens is 4. The fourth-order valence-electron chi connectivity index (χ4n) is 2.10. The Labute approximate surface area is 110 Å². The summed E-state index contributed by atoms with van der Waals surface area (Å²) in [4.78, 5) is 0. The Morgan fingerprint density at radius 2 is 2.00 bits per heavy atom. The van der Waals surface area contributed by atoms with Crippen LogP contribution in [0, 0.1) is 5.92 Å². The van der Waals surface area contributed by atoms with Crippen molar-refractivity contribution in [1.29, 1.82) is 0 Å². The van der Waals surface area contributed by atoms with E-state index in [1.807, 2.05) is 0 Å². The number of hydrogen-bond donors (Lipinski definition) is 0. The molecule has 1 atom stereocenters. The summed E-state index contributed by atoms with van der Waals surface area (Å²) in [6, 6.07) is 5.56. The molecule has 2 rings (SSSR count). The molecule has 0 bridgehead atoms. The largest absolute Gasteiger partial charge is 0.416 e. The highest BCUT2D eigenvalue weighted by Crippen LogP contribution is 2.38. The van der Waals surface area contributed by atoms with Crippen molar-refractivity contribution >= 4 is 11.6 Å². The van der Waals surface area contributed by atoms with Crippen molar-refractivity contribution in [2.45, 2.75) is 43.7 Å². The van der Waals surface area contributed by atoms with Crippen LogP contribution in [0.5, 0.6) is 0 Å². The van der Waals surface area contributed by atoms with E-state index < -0.39 is 11.7 Å². The van der Waals surface area contributed by atoms with Gasteiger partial charge in [0.15, 0.2) is 0 Å². The minimum atomic E-state index is -4.25. The van der Waals surface area contributed by atoms with E-state index in [0.29, 0.717) is 12.3 Å². The third kappa shape index (κ3) is 3.91. The second-order valence-electron chi connectivity index (χ2n) is 4.94. The summed E-state index contributed by atoms with van der Waals surface area (Å²) in [6.07, 6.45) is 0.572. The Kier molecular flexibility index (Phi) is 4.21. The Balaban J connectivity index is 1.85. The van der Waals surface area contributed by atoms with Crippen LogP contribution in [0.25, 0.3) is 0 Å². The second kappa shape index (κ2) is 5.52. The van der Waals surface area contributed by atoms with E-state index in [-0.39, 0.29) is 5.38 Å². The molecule has 1 unspecified atom stereocenters. The maximum Gasteiger partial charge on any atom is 0.416 e. The highest BCUT2D eigenvalue weighted by molar-refractivity contribution is 6.20. The molecule has 0 heterocycles. The summed E-state index contributed by atoms with van der Waals surface area (Å²) in [6.45, 7) is 0. The van der Waals surface area contributed by atoms with Crippen LogP contribution in [0.15, 0.2) is 24.3 Å². The van der Waals surface area contributed by atoms with Gasteiger partial charge in [0.2, 0.25) is 0 Å². The lowest BCUT2D eigenvalue weighted by molar-refractivity contribution is -0.137.